The van der Waals surface area contributed by atoms with Crippen molar-refractivity contribution in [1.82, 2.24) is 46.8 Å². The van der Waals surface area contributed by atoms with Crippen LogP contribution in [0.3, 0.4) is 0 Å². The van der Waals surface area contributed by atoms with E-state index >= 15 is 0 Å². The molecule has 0 aliphatic heterocycles. The molecule has 0 bridgehead atoms. The molecule has 1 heterocycles. The van der Waals surface area contributed by atoms with Gasteiger partial charge >= 0.3 is 6.03 Å². The summed E-state index contributed by atoms with van der Waals surface area (Å²) in [6.07, 6.45) is 8.58. The minimum Gasteiger partial charge on any atom is -0.368 e. The second kappa shape index (κ2) is 26.5. The molecule has 1 fully saturated rings. The van der Waals surface area contributed by atoms with Gasteiger partial charge in [-0.25, -0.2) is 9.78 Å². The second-order valence-electron chi connectivity index (χ2n) is 16.3. The topological polar surface area (TPSA) is 293 Å². The number of hydrogen-bond donors (Lipinski definition) is 8. The van der Waals surface area contributed by atoms with Crippen LogP contribution in [0.1, 0.15) is 94.2 Å². The van der Waals surface area contributed by atoms with Crippen molar-refractivity contribution in [2.45, 2.75) is 96.3 Å². The molecule has 1 aliphatic rings. The summed E-state index contributed by atoms with van der Waals surface area (Å²) in [4.78, 5) is 127. The molecule has 66 heavy (non-hydrogen) atoms. The molecule has 20 heteroatoms. The Morgan fingerprint density at radius 3 is 2.08 bits per heavy atom. The van der Waals surface area contributed by atoms with Gasteiger partial charge in [0.1, 0.15) is 23.8 Å². The lowest BCUT2D eigenvalue weighted by atomic mass is 9.83. The molecule has 4 atom stereocenters. The van der Waals surface area contributed by atoms with Crippen LogP contribution >= 0.6 is 0 Å². The smallest absolute Gasteiger partial charge is 0.321 e. The van der Waals surface area contributed by atoms with E-state index in [4.69, 9.17) is 5.73 Å². The zero-order valence-corrected chi connectivity index (χ0v) is 37.5. The molecule has 9 N–H and O–H groups in total. The summed E-state index contributed by atoms with van der Waals surface area (Å²) in [6.45, 7) is 4.32. The first kappa shape index (κ1) is 51.4. The van der Waals surface area contributed by atoms with Gasteiger partial charge in [-0.15, -0.1) is 0 Å². The average molecular weight is 912 g/mol. The summed E-state index contributed by atoms with van der Waals surface area (Å²) in [5, 5.41) is 18.4. The van der Waals surface area contributed by atoms with Crippen LogP contribution in [0, 0.1) is 11.8 Å². The van der Waals surface area contributed by atoms with Crippen molar-refractivity contribution < 1.29 is 43.2 Å². The molecular weight excluding hydrogens is 851 g/mol. The highest BCUT2D eigenvalue weighted by Gasteiger charge is 2.35. The zero-order chi connectivity index (χ0) is 48.0. The molecule has 354 valence electrons. The predicted molar refractivity (Wildman–Crippen MR) is 243 cm³/mol. The average Bonchev–Trinajstić information content (AvgIpc) is 3.32. The number of hydrogen-bond acceptors (Lipinski definition) is 11. The molecule has 9 amide bonds. The first-order valence-corrected chi connectivity index (χ1v) is 22.2. The maximum absolute atomic E-state index is 13.9. The van der Waals surface area contributed by atoms with E-state index in [0.717, 1.165) is 32.1 Å². The summed E-state index contributed by atoms with van der Waals surface area (Å²) in [6, 6.07) is 11.9. The molecule has 1 aromatic heterocycles. The number of anilines is 1. The summed E-state index contributed by atoms with van der Waals surface area (Å²) >= 11 is 0. The van der Waals surface area contributed by atoms with Crippen LogP contribution in [0.25, 0.3) is 0 Å². The normalized spacial score (nSPS) is 14.2. The Hall–Kier alpha value is -7.25. The highest BCUT2D eigenvalue weighted by Crippen LogP contribution is 2.27. The van der Waals surface area contributed by atoms with Crippen LogP contribution in [-0.2, 0) is 33.6 Å². The van der Waals surface area contributed by atoms with Gasteiger partial charge in [0.25, 0.3) is 11.8 Å². The van der Waals surface area contributed by atoms with E-state index < -0.39 is 83.9 Å². The predicted octanol–water partition coefficient (Wildman–Crippen LogP) is 1.65. The van der Waals surface area contributed by atoms with Crippen molar-refractivity contribution in [3.8, 4) is 0 Å². The van der Waals surface area contributed by atoms with E-state index in [2.05, 4.69) is 47.2 Å². The van der Waals surface area contributed by atoms with E-state index in [0.29, 0.717) is 17.7 Å². The Bertz CT molecular complexity index is 2120. The van der Waals surface area contributed by atoms with Crippen molar-refractivity contribution in [2.24, 2.45) is 17.6 Å². The molecule has 2 aromatic carbocycles. The van der Waals surface area contributed by atoms with Crippen LogP contribution < -0.4 is 43.0 Å². The number of carbonyl (C=O) groups excluding carboxylic acids is 9. The molecule has 0 spiro atoms. The minimum absolute atomic E-state index is 0.0558. The number of nitrogens with zero attached hydrogens (tertiary/aromatic N) is 3. The molecular formula is C46H61N11O9. The van der Waals surface area contributed by atoms with Crippen molar-refractivity contribution >= 4 is 58.9 Å². The number of ketones is 1. The molecule has 20 nitrogen and oxygen atoms in total. The number of nitrogens with two attached hydrogens (primary N) is 1. The van der Waals surface area contributed by atoms with Crippen molar-refractivity contribution in [3.05, 3.63) is 90.5 Å². The van der Waals surface area contributed by atoms with Gasteiger partial charge in [-0.05, 0) is 48.8 Å². The number of benzene rings is 2. The standard InChI is InChI=1S/C46H61N11O9/c1-4-14-33(40(60)45(65)51-28-36(59)54-38(41(47)61)30-15-8-5-9-16-30)53-35(58)21-25-57(46(66)52-32-19-12-7-13-20-32)26-24-50-43(63)37(29(2)3)55-44(64)39(31-17-10-6-11-18-31)56-42(62)34-27-48-22-23-49-34/h5,7-9,12-13,15-16,19-20,22-23,27,29,31,33,37-39H,4,6,10-11,14,17-18,21,24-26,28H2,1-3H3,(H2,47,61)(H,50,63)(H,51,65)(H,52,66)(H,53,58)(H,54,59)(H,55,64)(H,56,62)/t33-,37-,38-,39-/m0/s1. The SMILES string of the molecule is CCC[C@H](NC(=O)CCN(CCNC(=O)[C@@H](NC(=O)[C@@H](NC(=O)c1cnccn1)C1CCCCC1)C(C)C)C(=O)Nc1ccccc1)C(=O)C(=O)NCC(=O)N[C@H](C(N)=O)c1ccccc1. The Morgan fingerprint density at radius 1 is 0.773 bits per heavy atom. The van der Waals surface area contributed by atoms with Crippen LogP contribution in [0.2, 0.25) is 0 Å². The quantitative estimate of drug-likeness (QED) is 0.0598. The third-order valence-corrected chi connectivity index (χ3v) is 10.9. The fourth-order valence-corrected chi connectivity index (χ4v) is 7.38. The van der Waals surface area contributed by atoms with Gasteiger partial charge < -0.3 is 47.9 Å². The summed E-state index contributed by atoms with van der Waals surface area (Å²) in [5.41, 5.74) is 6.41. The van der Waals surface area contributed by atoms with Gasteiger partial charge in [0.05, 0.1) is 18.8 Å². The molecule has 3 aromatic rings. The number of para-hydroxylation sites is 1. The van der Waals surface area contributed by atoms with Gasteiger partial charge in [-0.2, -0.15) is 0 Å². The van der Waals surface area contributed by atoms with E-state index in [1.807, 2.05) is 0 Å². The first-order valence-electron chi connectivity index (χ1n) is 22.2. The molecule has 1 saturated carbocycles. The third kappa shape index (κ3) is 16.4. The Balaban J connectivity index is 1.36. The lowest BCUT2D eigenvalue weighted by Gasteiger charge is -2.32. The maximum Gasteiger partial charge on any atom is 0.321 e. The number of amides is 9. The van der Waals surface area contributed by atoms with E-state index in [-0.39, 0.29) is 50.0 Å². The number of aromatic nitrogens is 2. The van der Waals surface area contributed by atoms with Crippen LogP contribution in [0.15, 0.2) is 79.3 Å². The summed E-state index contributed by atoms with van der Waals surface area (Å²) in [5.74, 6) is -6.51. The fourth-order valence-electron chi connectivity index (χ4n) is 7.38. The summed E-state index contributed by atoms with van der Waals surface area (Å²) in [7, 11) is 0. The van der Waals surface area contributed by atoms with E-state index in [1.165, 1.54) is 23.5 Å². The lowest BCUT2D eigenvalue weighted by Crippen LogP contribution is -2.58. The largest absolute Gasteiger partial charge is 0.368 e. The first-order chi connectivity index (χ1) is 31.7. The van der Waals surface area contributed by atoms with Crippen molar-refractivity contribution in [3.63, 3.8) is 0 Å². The van der Waals surface area contributed by atoms with Gasteiger partial charge in [0.15, 0.2) is 0 Å². The van der Waals surface area contributed by atoms with Crippen molar-refractivity contribution in [1.29, 1.82) is 0 Å². The van der Waals surface area contributed by atoms with E-state index in [1.54, 1.807) is 81.4 Å². The third-order valence-electron chi connectivity index (χ3n) is 10.9. The van der Waals surface area contributed by atoms with Gasteiger partial charge in [-0.1, -0.05) is 95.0 Å². The van der Waals surface area contributed by atoms with Crippen LogP contribution in [-0.4, -0.2) is 112 Å². The number of rotatable bonds is 24. The zero-order valence-electron chi connectivity index (χ0n) is 37.5. The molecule has 0 radical (unpaired) electrons. The Labute approximate surface area is 383 Å². The maximum atomic E-state index is 13.9. The Kier molecular flexibility index (Phi) is 20.6. The number of urea groups is 1. The highest BCUT2D eigenvalue weighted by molar-refractivity contribution is 6.38. The molecule has 1 aliphatic carbocycles. The van der Waals surface area contributed by atoms with E-state index in [9.17, 15) is 43.2 Å². The van der Waals surface area contributed by atoms with Crippen molar-refractivity contribution in [2.75, 3.05) is 31.5 Å². The number of primary amides is 1. The molecule has 0 unspecified atom stereocenters. The van der Waals surface area contributed by atoms with Crippen LogP contribution in [0.4, 0.5) is 10.5 Å². The molecule has 4 rings (SSSR count). The highest BCUT2D eigenvalue weighted by atomic mass is 16.2. The minimum atomic E-state index is -1.25. The fraction of sp³-hybridized carbons (Fsp3) is 0.457. The second-order valence-corrected chi connectivity index (χ2v) is 16.3. The number of nitrogens with one attached hydrogen (secondary N) is 7. The summed E-state index contributed by atoms with van der Waals surface area (Å²) < 4.78 is 0. The monoisotopic (exact) mass is 911 g/mol. The van der Waals surface area contributed by atoms with Gasteiger partial charge in [-0.3, -0.25) is 43.3 Å². The Morgan fingerprint density at radius 2 is 1.45 bits per heavy atom. The lowest BCUT2D eigenvalue weighted by molar-refractivity contribution is -0.140. The van der Waals surface area contributed by atoms with Gasteiger partial charge in [0, 0.05) is 44.1 Å². The van der Waals surface area contributed by atoms with Gasteiger partial charge in [0.2, 0.25) is 35.3 Å². The molecule has 0 saturated heterocycles. The number of carbonyl (C=O) groups is 9. The number of Topliss-reactive ketones (excluding diaryl/α,β-unsaturated/α-hetero) is 1. The van der Waals surface area contributed by atoms with Crippen LogP contribution in [0.5, 0.6) is 0 Å².